The molecule has 3 heterocycles. The maximum atomic E-state index is 15.1. The van der Waals surface area contributed by atoms with E-state index in [1.165, 1.54) is 0 Å². The average molecular weight is 616 g/mol. The molecule has 0 saturated carbocycles. The molecule has 2 aromatic carbocycles. The third-order valence-electron chi connectivity index (χ3n) is 10.2. The minimum atomic E-state index is -1.18. The van der Waals surface area contributed by atoms with Crippen molar-refractivity contribution in [3.63, 3.8) is 0 Å². The van der Waals surface area contributed by atoms with Crippen molar-refractivity contribution >= 4 is 34.2 Å². The first-order chi connectivity index (χ1) is 21.6. The summed E-state index contributed by atoms with van der Waals surface area (Å²) in [4.78, 5) is 49.4. The van der Waals surface area contributed by atoms with Gasteiger partial charge in [0.2, 0.25) is 11.8 Å². The number of nitrogens with zero attached hydrogens (tertiary/aromatic N) is 3. The molecule has 0 radical (unpaired) electrons. The van der Waals surface area contributed by atoms with Crippen LogP contribution in [0.25, 0.3) is 10.8 Å². The Hall–Kier alpha value is -3.49. The van der Waals surface area contributed by atoms with Gasteiger partial charge in [0.25, 0.3) is 5.91 Å². The number of hydrogen-bond donors (Lipinski definition) is 1. The van der Waals surface area contributed by atoms with Gasteiger partial charge in [0.15, 0.2) is 0 Å². The van der Waals surface area contributed by atoms with E-state index in [0.29, 0.717) is 44.5 Å². The summed E-state index contributed by atoms with van der Waals surface area (Å²) in [6, 6.07) is 12.3. The first-order valence-electron chi connectivity index (χ1n) is 16.6. The van der Waals surface area contributed by atoms with Gasteiger partial charge in [0, 0.05) is 25.3 Å². The summed E-state index contributed by atoms with van der Waals surface area (Å²) in [6.45, 7) is 16.8. The number of benzene rings is 2. The minimum absolute atomic E-state index is 0.117. The summed E-state index contributed by atoms with van der Waals surface area (Å²) in [7, 11) is 0. The Morgan fingerprint density at radius 2 is 1.78 bits per heavy atom. The molecule has 1 spiro atoms. The van der Waals surface area contributed by atoms with E-state index in [1.54, 1.807) is 26.9 Å². The van der Waals surface area contributed by atoms with Gasteiger partial charge in [0.1, 0.15) is 11.6 Å². The zero-order valence-electron chi connectivity index (χ0n) is 27.3. The van der Waals surface area contributed by atoms with Crippen LogP contribution in [0, 0.1) is 17.8 Å². The summed E-state index contributed by atoms with van der Waals surface area (Å²) in [5.41, 5.74) is -1.33. The lowest BCUT2D eigenvalue weighted by Gasteiger charge is -2.40. The molecule has 3 fully saturated rings. The molecule has 242 valence electrons. The first kappa shape index (κ1) is 32.9. The van der Waals surface area contributed by atoms with Crippen molar-refractivity contribution in [1.29, 1.82) is 0 Å². The van der Waals surface area contributed by atoms with Crippen molar-refractivity contribution in [3.05, 3.63) is 67.8 Å². The lowest BCUT2D eigenvalue weighted by Crippen LogP contribution is -2.59. The lowest BCUT2D eigenvalue weighted by molar-refractivity contribution is -0.154. The Kier molecular flexibility index (Phi) is 9.57. The van der Waals surface area contributed by atoms with Crippen LogP contribution in [0.5, 0.6) is 0 Å². The highest BCUT2D eigenvalue weighted by Crippen LogP contribution is 2.65. The van der Waals surface area contributed by atoms with E-state index >= 15 is 4.79 Å². The summed E-state index contributed by atoms with van der Waals surface area (Å²) in [6.07, 6.45) is 6.32. The van der Waals surface area contributed by atoms with Crippen molar-refractivity contribution < 1.29 is 24.2 Å². The Bertz CT molecular complexity index is 1460. The number of hydrogen-bond acceptors (Lipinski definition) is 5. The average Bonchev–Trinajstić information content (AvgIpc) is 3.65. The number of rotatable bonds is 14. The van der Waals surface area contributed by atoms with E-state index < -0.39 is 35.1 Å². The Labute approximate surface area is 267 Å². The van der Waals surface area contributed by atoms with Crippen molar-refractivity contribution in [3.8, 4) is 0 Å². The number of fused-ring (bicyclic) bond motifs is 2. The molecule has 2 bridgehead atoms. The molecule has 3 saturated heterocycles. The molecule has 2 aromatic rings. The van der Waals surface area contributed by atoms with Gasteiger partial charge in [0.05, 0.1) is 30.1 Å². The maximum absolute atomic E-state index is 15.1. The van der Waals surface area contributed by atoms with Crippen LogP contribution < -0.4 is 4.90 Å². The quantitative estimate of drug-likeness (QED) is 0.290. The van der Waals surface area contributed by atoms with E-state index in [0.717, 1.165) is 17.2 Å². The van der Waals surface area contributed by atoms with Gasteiger partial charge in [-0.2, -0.15) is 0 Å². The van der Waals surface area contributed by atoms with Crippen LogP contribution in [-0.2, 0) is 19.1 Å². The van der Waals surface area contributed by atoms with Gasteiger partial charge in [-0.15, -0.1) is 13.2 Å². The first-order valence-corrected chi connectivity index (χ1v) is 16.6. The molecule has 8 nitrogen and oxygen atoms in total. The molecule has 3 amide bonds. The van der Waals surface area contributed by atoms with Gasteiger partial charge < -0.3 is 24.5 Å². The van der Waals surface area contributed by atoms with Crippen molar-refractivity contribution in [2.24, 2.45) is 17.8 Å². The highest BCUT2D eigenvalue weighted by Gasteiger charge is 2.79. The molecule has 3 aliphatic heterocycles. The fraction of sp³-hybridized carbons (Fsp3) is 0.541. The fourth-order valence-corrected chi connectivity index (χ4v) is 8.38. The molecular formula is C37H49N3O5. The third kappa shape index (κ3) is 5.40. The van der Waals surface area contributed by atoms with Crippen molar-refractivity contribution in [2.45, 2.75) is 83.1 Å². The van der Waals surface area contributed by atoms with Crippen LogP contribution in [0.2, 0.25) is 0 Å². The summed E-state index contributed by atoms with van der Waals surface area (Å²) >= 11 is 0. The minimum Gasteiger partial charge on any atom is -0.394 e. The molecule has 0 aliphatic carbocycles. The molecular weight excluding hydrogens is 566 g/mol. The van der Waals surface area contributed by atoms with Gasteiger partial charge in [-0.05, 0) is 60.9 Å². The van der Waals surface area contributed by atoms with Gasteiger partial charge in [-0.25, -0.2) is 0 Å². The number of carbonyl (C=O) groups is 3. The maximum Gasteiger partial charge on any atom is 0.253 e. The largest absolute Gasteiger partial charge is 0.394 e. The van der Waals surface area contributed by atoms with Crippen LogP contribution in [-0.4, -0.2) is 82.2 Å². The third-order valence-corrected chi connectivity index (χ3v) is 10.2. The Morgan fingerprint density at radius 3 is 2.40 bits per heavy atom. The van der Waals surface area contributed by atoms with E-state index in [2.05, 4.69) is 13.2 Å². The number of likely N-dealkylation sites (tertiary alicyclic amines) is 1. The number of anilines is 1. The zero-order chi connectivity index (χ0) is 32.5. The molecule has 2 unspecified atom stereocenters. The predicted molar refractivity (Wildman–Crippen MR) is 178 cm³/mol. The highest BCUT2D eigenvalue weighted by atomic mass is 16.5. The second kappa shape index (κ2) is 13.1. The molecule has 45 heavy (non-hydrogen) atoms. The van der Waals surface area contributed by atoms with Crippen LogP contribution in [0.3, 0.4) is 0 Å². The number of carbonyl (C=O) groups excluding carboxylic acids is 3. The number of amides is 3. The second-order valence-electron chi connectivity index (χ2n) is 13.4. The highest BCUT2D eigenvalue weighted by molar-refractivity contribution is 6.06. The SMILES string of the molecule is C=CCN(CCC)C(=O)[C@H]1[C@H]2C(=O)N([C@@H](CO)CC(C)C)C(C(=O)N(CC=C)c3ccc4ccccc4c3)C23CC[C@]1(CC)O3. The molecule has 3 aliphatic rings. The smallest absolute Gasteiger partial charge is 0.253 e. The second-order valence-corrected chi connectivity index (χ2v) is 13.4. The number of ether oxygens (including phenoxy) is 1. The van der Waals surface area contributed by atoms with E-state index in [-0.39, 0.29) is 36.8 Å². The summed E-state index contributed by atoms with van der Waals surface area (Å²) in [5.74, 6) is -2.04. The molecule has 6 atom stereocenters. The fourth-order valence-electron chi connectivity index (χ4n) is 8.38. The topological polar surface area (TPSA) is 90.4 Å². The van der Waals surface area contributed by atoms with Crippen LogP contribution in [0.1, 0.15) is 59.8 Å². The molecule has 5 rings (SSSR count). The summed E-state index contributed by atoms with van der Waals surface area (Å²) in [5, 5.41) is 12.7. The molecule has 8 heteroatoms. The van der Waals surface area contributed by atoms with Crippen LogP contribution >= 0.6 is 0 Å². The van der Waals surface area contributed by atoms with E-state index in [9.17, 15) is 14.7 Å². The van der Waals surface area contributed by atoms with Gasteiger partial charge in [-0.1, -0.05) is 70.2 Å². The van der Waals surface area contributed by atoms with Gasteiger partial charge in [-0.3, -0.25) is 14.4 Å². The lowest BCUT2D eigenvalue weighted by atomic mass is 9.64. The Balaban J connectivity index is 1.65. The van der Waals surface area contributed by atoms with Crippen LogP contribution in [0.4, 0.5) is 5.69 Å². The van der Waals surface area contributed by atoms with E-state index in [4.69, 9.17) is 4.74 Å². The number of aliphatic hydroxyl groups excluding tert-OH is 1. The zero-order valence-corrected chi connectivity index (χ0v) is 27.3. The van der Waals surface area contributed by atoms with Crippen molar-refractivity contribution in [2.75, 3.05) is 31.1 Å². The molecule has 0 aromatic heterocycles. The van der Waals surface area contributed by atoms with Crippen LogP contribution in [0.15, 0.2) is 67.8 Å². The Morgan fingerprint density at radius 1 is 1.07 bits per heavy atom. The standard InChI is InChI=1S/C37H49N3O5/c1-7-19-38(20-8-2)33(42)30-31-34(43)40(29(24-41)22-25(5)6)32(37(31)18-17-36(30,10-4)45-37)35(44)39(21-9-3)28-16-15-26-13-11-12-14-27(26)23-28/h7,9,11-16,23,25,29-32,41H,1,3,8,10,17-22,24H2,2,4-6H3/t29-,30-,31+,32?,36+,37?/m1/s1. The molecule has 1 N–H and O–H groups in total. The number of aliphatic hydroxyl groups is 1. The summed E-state index contributed by atoms with van der Waals surface area (Å²) < 4.78 is 7.04. The van der Waals surface area contributed by atoms with E-state index in [1.807, 2.05) is 70.2 Å². The normalized spacial score (nSPS) is 27.6. The monoisotopic (exact) mass is 615 g/mol. The predicted octanol–water partition coefficient (Wildman–Crippen LogP) is 5.35. The van der Waals surface area contributed by atoms with Gasteiger partial charge >= 0.3 is 0 Å². The van der Waals surface area contributed by atoms with Crippen molar-refractivity contribution in [1.82, 2.24) is 9.80 Å².